The van der Waals surface area contributed by atoms with E-state index >= 15 is 0 Å². The molecule has 0 unspecified atom stereocenters. The number of amides is 1. The highest BCUT2D eigenvalue weighted by Gasteiger charge is 2.26. The number of aryl methyl sites for hydroxylation is 2. The maximum Gasteiger partial charge on any atom is 0.246 e. The molecule has 9 heteroatoms. The third kappa shape index (κ3) is 4.52. The highest BCUT2D eigenvalue weighted by atomic mass is 32.2. The van der Waals surface area contributed by atoms with Crippen LogP contribution in [0.25, 0.3) is 0 Å². The SMILES string of the molecule is Cc1noc(C)c1S(=O)(=O)NCC(=O)NC1CCC(CO)CC1. The van der Waals surface area contributed by atoms with Crippen molar-refractivity contribution >= 4 is 15.9 Å². The predicted octanol–water partition coefficient (Wildman–Crippen LogP) is 0.237. The molecule has 0 aliphatic heterocycles. The van der Waals surface area contributed by atoms with Crippen LogP contribution in [0.5, 0.6) is 0 Å². The lowest BCUT2D eigenvalue weighted by atomic mass is 9.86. The Morgan fingerprint density at radius 1 is 1.30 bits per heavy atom. The van der Waals surface area contributed by atoms with Crippen molar-refractivity contribution in [3.05, 3.63) is 11.5 Å². The van der Waals surface area contributed by atoms with E-state index in [9.17, 15) is 13.2 Å². The Hall–Kier alpha value is -1.45. The van der Waals surface area contributed by atoms with E-state index in [0.717, 1.165) is 25.7 Å². The van der Waals surface area contributed by atoms with Gasteiger partial charge in [0.05, 0.1) is 6.54 Å². The molecule has 1 saturated carbocycles. The van der Waals surface area contributed by atoms with Crippen molar-refractivity contribution in [1.82, 2.24) is 15.2 Å². The number of nitrogens with zero attached hydrogens (tertiary/aromatic N) is 1. The average Bonchev–Trinajstić information content (AvgIpc) is 2.86. The van der Waals surface area contributed by atoms with Crippen LogP contribution in [0.1, 0.15) is 37.1 Å². The smallest absolute Gasteiger partial charge is 0.246 e. The standard InChI is InChI=1S/C14H23N3O5S/c1-9-14(10(2)22-17-9)23(20,21)15-7-13(19)16-12-5-3-11(8-18)4-6-12/h11-12,15,18H,3-8H2,1-2H3,(H,16,19). The maximum absolute atomic E-state index is 12.2. The van der Waals surface area contributed by atoms with Crippen LogP contribution in [0, 0.1) is 19.8 Å². The van der Waals surface area contributed by atoms with Gasteiger partial charge in [0, 0.05) is 12.6 Å². The molecule has 1 amide bonds. The molecule has 0 saturated heterocycles. The summed E-state index contributed by atoms with van der Waals surface area (Å²) in [6.07, 6.45) is 3.33. The Kier molecular flexibility index (Phi) is 5.77. The molecule has 0 spiro atoms. The van der Waals surface area contributed by atoms with Crippen molar-refractivity contribution < 1.29 is 22.8 Å². The summed E-state index contributed by atoms with van der Waals surface area (Å²) in [7, 11) is -3.83. The van der Waals surface area contributed by atoms with Gasteiger partial charge in [0.25, 0.3) is 0 Å². The summed E-state index contributed by atoms with van der Waals surface area (Å²) in [6, 6.07) is 0.0360. The molecule has 0 radical (unpaired) electrons. The van der Waals surface area contributed by atoms with Crippen LogP contribution in [0.3, 0.4) is 0 Å². The first-order valence-electron chi connectivity index (χ1n) is 7.66. The largest absolute Gasteiger partial charge is 0.396 e. The Labute approximate surface area is 135 Å². The Morgan fingerprint density at radius 2 is 1.96 bits per heavy atom. The fraction of sp³-hybridized carbons (Fsp3) is 0.714. The molecule has 1 aromatic rings. The highest BCUT2D eigenvalue weighted by Crippen LogP contribution is 2.23. The van der Waals surface area contributed by atoms with Gasteiger partial charge in [-0.15, -0.1) is 0 Å². The monoisotopic (exact) mass is 345 g/mol. The molecule has 1 heterocycles. The molecule has 1 fully saturated rings. The number of nitrogens with one attached hydrogen (secondary N) is 2. The quantitative estimate of drug-likeness (QED) is 0.679. The first-order valence-corrected chi connectivity index (χ1v) is 9.14. The molecule has 2 rings (SSSR count). The average molecular weight is 345 g/mol. The number of sulfonamides is 1. The number of rotatable bonds is 6. The number of carbonyl (C=O) groups is 1. The summed E-state index contributed by atoms with van der Waals surface area (Å²) in [6.45, 7) is 2.89. The van der Waals surface area contributed by atoms with Crippen LogP contribution in [0.2, 0.25) is 0 Å². The second kappa shape index (κ2) is 7.41. The minimum Gasteiger partial charge on any atom is -0.396 e. The summed E-state index contributed by atoms with van der Waals surface area (Å²) in [5.41, 5.74) is 0.262. The van der Waals surface area contributed by atoms with Gasteiger partial charge in [-0.25, -0.2) is 13.1 Å². The number of aliphatic hydroxyl groups excluding tert-OH is 1. The molecule has 3 N–H and O–H groups in total. The second-order valence-corrected chi connectivity index (χ2v) is 7.65. The van der Waals surface area contributed by atoms with E-state index in [0.29, 0.717) is 5.92 Å². The zero-order valence-electron chi connectivity index (χ0n) is 13.3. The van der Waals surface area contributed by atoms with Crippen LogP contribution in [0.15, 0.2) is 9.42 Å². The summed E-state index contributed by atoms with van der Waals surface area (Å²) in [5.74, 6) is 0.131. The fourth-order valence-electron chi connectivity index (χ4n) is 2.86. The minimum atomic E-state index is -3.83. The first-order chi connectivity index (χ1) is 10.8. The number of carbonyl (C=O) groups excluding carboxylic acids is 1. The number of aliphatic hydroxyl groups is 1. The predicted molar refractivity (Wildman–Crippen MR) is 82.1 cm³/mol. The first kappa shape index (κ1) is 17.9. The van der Waals surface area contributed by atoms with Crippen LogP contribution in [-0.2, 0) is 14.8 Å². The number of hydrogen-bond acceptors (Lipinski definition) is 6. The van der Waals surface area contributed by atoms with Gasteiger partial charge in [0.1, 0.15) is 10.6 Å². The van der Waals surface area contributed by atoms with Crippen LogP contribution in [0.4, 0.5) is 0 Å². The molecule has 130 valence electrons. The second-order valence-electron chi connectivity index (χ2n) is 5.95. The van der Waals surface area contributed by atoms with Crippen LogP contribution in [-0.4, -0.2) is 43.8 Å². The summed E-state index contributed by atoms with van der Waals surface area (Å²) < 4.78 is 31.5. The maximum atomic E-state index is 12.2. The molecule has 23 heavy (non-hydrogen) atoms. The molecular formula is C14H23N3O5S. The fourth-order valence-corrected chi connectivity index (χ4v) is 4.17. The van der Waals surface area contributed by atoms with Gasteiger partial charge in [-0.2, -0.15) is 0 Å². The summed E-state index contributed by atoms with van der Waals surface area (Å²) in [4.78, 5) is 11.9. The van der Waals surface area contributed by atoms with Gasteiger partial charge < -0.3 is 14.9 Å². The third-order valence-electron chi connectivity index (χ3n) is 4.13. The van der Waals surface area contributed by atoms with Crippen molar-refractivity contribution in [3.63, 3.8) is 0 Å². The van der Waals surface area contributed by atoms with E-state index in [1.54, 1.807) is 0 Å². The molecule has 1 aromatic heterocycles. The normalized spacial score (nSPS) is 22.0. The Morgan fingerprint density at radius 3 is 2.48 bits per heavy atom. The van der Waals surface area contributed by atoms with Crippen LogP contribution >= 0.6 is 0 Å². The van der Waals surface area contributed by atoms with Gasteiger partial charge in [0.15, 0.2) is 5.76 Å². The summed E-state index contributed by atoms with van der Waals surface area (Å²) >= 11 is 0. The van der Waals surface area contributed by atoms with E-state index in [1.165, 1.54) is 13.8 Å². The zero-order valence-corrected chi connectivity index (χ0v) is 14.1. The Bertz CT molecular complexity index is 628. The van der Waals surface area contributed by atoms with Gasteiger partial charge >= 0.3 is 0 Å². The topological polar surface area (TPSA) is 122 Å². The minimum absolute atomic E-state index is 0.0197. The zero-order chi connectivity index (χ0) is 17.0. The van der Waals surface area contributed by atoms with Gasteiger partial charge in [-0.3, -0.25) is 4.79 Å². The van der Waals surface area contributed by atoms with Gasteiger partial charge in [0.2, 0.25) is 15.9 Å². The van der Waals surface area contributed by atoms with Crippen molar-refractivity contribution in [3.8, 4) is 0 Å². The molecular weight excluding hydrogens is 322 g/mol. The van der Waals surface area contributed by atoms with Crippen molar-refractivity contribution in [2.24, 2.45) is 5.92 Å². The van der Waals surface area contributed by atoms with E-state index in [4.69, 9.17) is 9.63 Å². The number of aromatic nitrogens is 1. The third-order valence-corrected chi connectivity index (χ3v) is 5.77. The van der Waals surface area contributed by atoms with Crippen molar-refractivity contribution in [1.29, 1.82) is 0 Å². The van der Waals surface area contributed by atoms with Gasteiger partial charge in [-0.05, 0) is 45.4 Å². The molecule has 1 aliphatic rings. The van der Waals surface area contributed by atoms with E-state index in [-0.39, 0.29) is 41.5 Å². The molecule has 1 aliphatic carbocycles. The van der Waals surface area contributed by atoms with Crippen LogP contribution < -0.4 is 10.0 Å². The number of hydrogen-bond donors (Lipinski definition) is 3. The molecule has 0 aromatic carbocycles. The van der Waals surface area contributed by atoms with Crippen molar-refractivity contribution in [2.75, 3.05) is 13.2 Å². The molecule has 0 bridgehead atoms. The van der Waals surface area contributed by atoms with Crippen molar-refractivity contribution in [2.45, 2.75) is 50.5 Å². The summed E-state index contributed by atoms with van der Waals surface area (Å²) in [5, 5.41) is 15.5. The van der Waals surface area contributed by atoms with E-state index in [2.05, 4.69) is 15.2 Å². The van der Waals surface area contributed by atoms with E-state index in [1.807, 2.05) is 0 Å². The lowest BCUT2D eigenvalue weighted by Gasteiger charge is -2.27. The highest BCUT2D eigenvalue weighted by molar-refractivity contribution is 7.89. The molecule has 8 nitrogen and oxygen atoms in total. The Balaban J connectivity index is 1.85. The lowest BCUT2D eigenvalue weighted by Crippen LogP contribution is -2.43. The van der Waals surface area contributed by atoms with E-state index < -0.39 is 10.0 Å². The van der Waals surface area contributed by atoms with Gasteiger partial charge in [-0.1, -0.05) is 5.16 Å². The molecule has 0 atom stereocenters. The lowest BCUT2D eigenvalue weighted by molar-refractivity contribution is -0.120.